The monoisotopic (exact) mass is 310 g/mol. The molecule has 0 unspecified atom stereocenters. The molecule has 0 fully saturated rings. The lowest BCUT2D eigenvalue weighted by atomic mass is 10.1. The number of thioether (sulfide) groups is 1. The van der Waals surface area contributed by atoms with Gasteiger partial charge in [0, 0.05) is 17.2 Å². The SMILES string of the molecule is CSc1nnc(NC(=O)c2cccc([N+](=O)[O-])c2C)s1. The summed E-state index contributed by atoms with van der Waals surface area (Å²) in [7, 11) is 0. The third-order valence-electron chi connectivity index (χ3n) is 2.55. The van der Waals surface area contributed by atoms with Crippen molar-refractivity contribution in [2.45, 2.75) is 11.3 Å². The van der Waals surface area contributed by atoms with Crippen LogP contribution in [0.15, 0.2) is 22.5 Å². The number of amides is 1. The third kappa shape index (κ3) is 2.94. The average molecular weight is 310 g/mol. The van der Waals surface area contributed by atoms with Crippen LogP contribution in [0.3, 0.4) is 0 Å². The molecule has 9 heteroatoms. The first-order chi connectivity index (χ1) is 9.52. The van der Waals surface area contributed by atoms with Gasteiger partial charge in [0.25, 0.3) is 11.6 Å². The maximum atomic E-state index is 12.1. The van der Waals surface area contributed by atoms with Crippen molar-refractivity contribution in [3.05, 3.63) is 39.4 Å². The molecule has 0 aliphatic rings. The molecule has 0 saturated heterocycles. The molecule has 2 rings (SSSR count). The van der Waals surface area contributed by atoms with E-state index >= 15 is 0 Å². The largest absolute Gasteiger partial charge is 0.296 e. The highest BCUT2D eigenvalue weighted by atomic mass is 32.2. The minimum absolute atomic E-state index is 0.0836. The molecule has 0 bridgehead atoms. The molecule has 1 aromatic carbocycles. The van der Waals surface area contributed by atoms with Crippen molar-refractivity contribution >= 4 is 39.8 Å². The number of nitrogens with zero attached hydrogens (tertiary/aromatic N) is 3. The lowest BCUT2D eigenvalue weighted by molar-refractivity contribution is -0.385. The lowest BCUT2D eigenvalue weighted by Gasteiger charge is -2.05. The summed E-state index contributed by atoms with van der Waals surface area (Å²) in [5.41, 5.74) is 0.490. The van der Waals surface area contributed by atoms with Crippen molar-refractivity contribution in [1.29, 1.82) is 0 Å². The molecule has 7 nitrogen and oxygen atoms in total. The Morgan fingerprint density at radius 2 is 2.20 bits per heavy atom. The van der Waals surface area contributed by atoms with Crippen LogP contribution in [0.5, 0.6) is 0 Å². The summed E-state index contributed by atoms with van der Waals surface area (Å²) in [6.45, 7) is 1.54. The zero-order chi connectivity index (χ0) is 14.7. The molecule has 0 spiro atoms. The van der Waals surface area contributed by atoms with Crippen LogP contribution in [0.1, 0.15) is 15.9 Å². The van der Waals surface area contributed by atoms with Gasteiger partial charge in [-0.25, -0.2) is 0 Å². The Morgan fingerprint density at radius 3 is 2.80 bits per heavy atom. The molecule has 1 N–H and O–H groups in total. The quantitative estimate of drug-likeness (QED) is 0.403. The summed E-state index contributed by atoms with van der Waals surface area (Å²) in [6.07, 6.45) is 1.86. The topological polar surface area (TPSA) is 98.0 Å². The Kier molecular flexibility index (Phi) is 4.30. The van der Waals surface area contributed by atoms with Crippen molar-refractivity contribution < 1.29 is 9.72 Å². The van der Waals surface area contributed by atoms with Crippen LogP contribution in [0.2, 0.25) is 0 Å². The Labute approximate surface area is 122 Å². The molecule has 0 aliphatic heterocycles. The highest BCUT2D eigenvalue weighted by molar-refractivity contribution is 8.00. The molecule has 1 heterocycles. The molecule has 104 valence electrons. The Morgan fingerprint density at radius 1 is 1.45 bits per heavy atom. The number of nitro groups is 1. The number of benzene rings is 1. The second-order valence-electron chi connectivity index (χ2n) is 3.74. The second kappa shape index (κ2) is 5.97. The van der Waals surface area contributed by atoms with Gasteiger partial charge in [-0.3, -0.25) is 20.2 Å². The van der Waals surface area contributed by atoms with E-state index in [9.17, 15) is 14.9 Å². The van der Waals surface area contributed by atoms with Gasteiger partial charge in [-0.15, -0.1) is 10.2 Å². The Bertz CT molecular complexity index is 671. The van der Waals surface area contributed by atoms with Crippen molar-refractivity contribution in [3.8, 4) is 0 Å². The fourth-order valence-corrected chi connectivity index (χ4v) is 2.74. The van der Waals surface area contributed by atoms with Crippen molar-refractivity contribution in [2.75, 3.05) is 11.6 Å². The van der Waals surface area contributed by atoms with Crippen molar-refractivity contribution in [1.82, 2.24) is 10.2 Å². The van der Waals surface area contributed by atoms with E-state index in [1.807, 2.05) is 6.26 Å². The average Bonchev–Trinajstić information content (AvgIpc) is 2.86. The molecular formula is C11H10N4O3S2. The van der Waals surface area contributed by atoms with Gasteiger partial charge in [0.15, 0.2) is 4.34 Å². The Hall–Kier alpha value is -2.00. The van der Waals surface area contributed by atoms with Crippen LogP contribution in [0.4, 0.5) is 10.8 Å². The van der Waals surface area contributed by atoms with Crippen molar-refractivity contribution in [2.24, 2.45) is 0 Å². The van der Waals surface area contributed by atoms with Gasteiger partial charge in [0.05, 0.1) is 4.92 Å². The molecular weight excluding hydrogens is 300 g/mol. The van der Waals surface area contributed by atoms with E-state index in [-0.39, 0.29) is 11.3 Å². The van der Waals surface area contributed by atoms with E-state index in [1.54, 1.807) is 6.92 Å². The summed E-state index contributed by atoms with van der Waals surface area (Å²) in [5, 5.41) is 21.5. The molecule has 0 radical (unpaired) electrons. The van der Waals surface area contributed by atoms with Gasteiger partial charge >= 0.3 is 0 Å². The molecule has 1 amide bonds. The van der Waals surface area contributed by atoms with E-state index in [0.29, 0.717) is 10.7 Å². The number of anilines is 1. The van der Waals surface area contributed by atoms with E-state index < -0.39 is 10.8 Å². The molecule has 1 aromatic heterocycles. The summed E-state index contributed by atoms with van der Waals surface area (Å²) < 4.78 is 0.732. The van der Waals surface area contributed by atoms with Crippen LogP contribution in [0.25, 0.3) is 0 Å². The van der Waals surface area contributed by atoms with Gasteiger partial charge in [-0.1, -0.05) is 29.2 Å². The van der Waals surface area contributed by atoms with Gasteiger partial charge < -0.3 is 0 Å². The molecule has 0 atom stereocenters. The number of hydrogen-bond donors (Lipinski definition) is 1. The zero-order valence-electron chi connectivity index (χ0n) is 10.6. The third-order valence-corrected chi connectivity index (χ3v) is 4.36. The normalized spacial score (nSPS) is 10.3. The Balaban J connectivity index is 2.25. The number of rotatable bonds is 4. The van der Waals surface area contributed by atoms with Gasteiger partial charge in [0.1, 0.15) is 0 Å². The molecule has 20 heavy (non-hydrogen) atoms. The highest BCUT2D eigenvalue weighted by Crippen LogP contribution is 2.25. The maximum absolute atomic E-state index is 12.1. The lowest BCUT2D eigenvalue weighted by Crippen LogP contribution is -2.14. The number of aromatic nitrogens is 2. The van der Waals surface area contributed by atoms with E-state index in [4.69, 9.17) is 0 Å². The number of nitro benzene ring substituents is 1. The summed E-state index contributed by atoms with van der Waals surface area (Å²) in [4.78, 5) is 22.4. The summed E-state index contributed by atoms with van der Waals surface area (Å²) >= 11 is 2.67. The van der Waals surface area contributed by atoms with Gasteiger partial charge in [0.2, 0.25) is 5.13 Å². The first-order valence-corrected chi connectivity index (χ1v) is 7.50. The number of hydrogen-bond acceptors (Lipinski definition) is 7. The van der Waals surface area contributed by atoms with Crippen LogP contribution >= 0.6 is 23.1 Å². The first kappa shape index (κ1) is 14.4. The summed E-state index contributed by atoms with van der Waals surface area (Å²) in [6, 6.07) is 4.38. The van der Waals surface area contributed by atoms with E-state index in [0.717, 1.165) is 4.34 Å². The summed E-state index contributed by atoms with van der Waals surface area (Å²) in [5.74, 6) is -0.435. The smallest absolute Gasteiger partial charge is 0.273 e. The zero-order valence-corrected chi connectivity index (χ0v) is 12.2. The minimum Gasteiger partial charge on any atom is -0.296 e. The fraction of sp³-hybridized carbons (Fsp3) is 0.182. The molecule has 2 aromatic rings. The fourth-order valence-electron chi connectivity index (χ4n) is 1.57. The van der Waals surface area contributed by atoms with Crippen molar-refractivity contribution in [3.63, 3.8) is 0 Å². The highest BCUT2D eigenvalue weighted by Gasteiger charge is 2.18. The second-order valence-corrected chi connectivity index (χ2v) is 5.77. The predicted octanol–water partition coefficient (Wildman–Crippen LogP) is 2.73. The predicted molar refractivity (Wildman–Crippen MR) is 77.5 cm³/mol. The minimum atomic E-state index is -0.511. The van der Waals surface area contributed by atoms with Crippen LogP contribution in [-0.2, 0) is 0 Å². The first-order valence-electron chi connectivity index (χ1n) is 5.45. The number of carbonyl (C=O) groups is 1. The standard InChI is InChI=1S/C11H10N4O3S2/c1-6-7(4-3-5-8(6)15(17)18)9(16)12-10-13-14-11(19-2)20-10/h3-5H,1-2H3,(H,12,13,16). The molecule has 0 aliphatic carbocycles. The van der Waals surface area contributed by atoms with Gasteiger partial charge in [-0.2, -0.15) is 0 Å². The number of carbonyl (C=O) groups excluding carboxylic acids is 1. The number of nitrogens with one attached hydrogen (secondary N) is 1. The van der Waals surface area contributed by atoms with Crippen LogP contribution in [0, 0.1) is 17.0 Å². The molecule has 0 saturated carbocycles. The van der Waals surface area contributed by atoms with Gasteiger partial charge in [-0.05, 0) is 19.2 Å². The van der Waals surface area contributed by atoms with E-state index in [2.05, 4.69) is 15.5 Å². The maximum Gasteiger partial charge on any atom is 0.273 e. The van der Waals surface area contributed by atoms with Crippen LogP contribution in [-0.4, -0.2) is 27.3 Å². The van der Waals surface area contributed by atoms with E-state index in [1.165, 1.54) is 41.3 Å². The van der Waals surface area contributed by atoms with Crippen LogP contribution < -0.4 is 5.32 Å².